The molecule has 4 aromatic rings. The molecule has 0 spiro atoms. The van der Waals surface area contributed by atoms with Crippen LogP contribution in [0.4, 0.5) is 32.8 Å². The Morgan fingerprint density at radius 2 is 2.03 bits per heavy atom. The van der Waals surface area contributed by atoms with Crippen molar-refractivity contribution in [1.29, 1.82) is 5.26 Å². The third-order valence-corrected chi connectivity index (χ3v) is 7.97. The Bertz CT molecular complexity index is 1650. The zero-order chi connectivity index (χ0) is 26.9. The molecule has 2 aromatic heterocycles. The minimum atomic E-state index is -5.01. The van der Waals surface area contributed by atoms with Crippen molar-refractivity contribution in [2.24, 2.45) is 5.92 Å². The van der Waals surface area contributed by atoms with E-state index in [9.17, 15) is 22.8 Å². The SMILES string of the molecule is COc1nc(N2CC3COC(C3)C2)c2cc(C(F)(F)F)c(-c3ccc(F)c4sc(N)c(C#N)c34)c(F)c2n1. The molecule has 2 aliphatic heterocycles. The van der Waals surface area contributed by atoms with Gasteiger partial charge in [0.25, 0.3) is 0 Å². The summed E-state index contributed by atoms with van der Waals surface area (Å²) >= 11 is 0.708. The fourth-order valence-corrected chi connectivity index (χ4v) is 6.31. The Morgan fingerprint density at radius 3 is 2.71 bits per heavy atom. The first kappa shape index (κ1) is 24.6. The van der Waals surface area contributed by atoms with Crippen LogP contribution in [0.3, 0.4) is 0 Å². The Morgan fingerprint density at radius 1 is 1.24 bits per heavy atom. The van der Waals surface area contributed by atoms with Crippen molar-refractivity contribution < 1.29 is 31.4 Å². The Kier molecular flexibility index (Phi) is 5.59. The summed E-state index contributed by atoms with van der Waals surface area (Å²) in [5.74, 6) is -1.82. The van der Waals surface area contributed by atoms with E-state index in [1.807, 2.05) is 0 Å². The maximum Gasteiger partial charge on any atom is 0.417 e. The zero-order valence-corrected chi connectivity index (χ0v) is 20.5. The number of nitrogen functional groups attached to an aromatic ring is 1. The number of methoxy groups -OCH3 is 1. The normalized spacial score (nSPS) is 19.3. The number of anilines is 2. The first-order valence-electron chi connectivity index (χ1n) is 11.5. The maximum absolute atomic E-state index is 16.4. The fourth-order valence-electron chi connectivity index (χ4n) is 5.36. The quantitative estimate of drug-likeness (QED) is 0.339. The molecule has 2 bridgehead atoms. The molecule has 6 rings (SSSR count). The number of halogens is 5. The first-order valence-corrected chi connectivity index (χ1v) is 12.3. The van der Waals surface area contributed by atoms with E-state index >= 15 is 4.39 Å². The van der Waals surface area contributed by atoms with Crippen LogP contribution in [0.15, 0.2) is 18.2 Å². The number of rotatable bonds is 3. The van der Waals surface area contributed by atoms with Crippen molar-refractivity contribution in [3.05, 3.63) is 41.0 Å². The van der Waals surface area contributed by atoms with Gasteiger partial charge in [0.2, 0.25) is 0 Å². The molecule has 7 nitrogen and oxygen atoms in total. The predicted octanol–water partition coefficient (Wildman–Crippen LogP) is 5.50. The minimum absolute atomic E-state index is 0.0863. The standard InChI is InChI=1S/C25H18F5N5O2S/c1-36-24-33-20-13(23(34-24)35-7-10-4-11(8-35)37-9-10)5-15(25(28,29)30)18(19(20)27)12-2-3-16(26)21-17(12)14(6-31)22(32)38-21/h2-3,5,10-11H,4,7-9,32H2,1H3. The molecule has 2 aliphatic rings. The molecule has 13 heteroatoms. The van der Waals surface area contributed by atoms with Crippen molar-refractivity contribution in [2.75, 3.05) is 37.4 Å². The number of aromatic nitrogens is 2. The number of hydrogen-bond acceptors (Lipinski definition) is 8. The second-order valence-corrected chi connectivity index (χ2v) is 10.3. The van der Waals surface area contributed by atoms with Gasteiger partial charge in [-0.15, -0.1) is 11.3 Å². The molecule has 2 aromatic carbocycles. The number of nitrogens with zero attached hydrogens (tertiary/aromatic N) is 4. The molecule has 2 atom stereocenters. The van der Waals surface area contributed by atoms with Gasteiger partial charge < -0.3 is 20.1 Å². The molecule has 196 valence electrons. The van der Waals surface area contributed by atoms with Crippen molar-refractivity contribution in [1.82, 2.24) is 9.97 Å². The van der Waals surface area contributed by atoms with Crippen molar-refractivity contribution in [3.8, 4) is 23.2 Å². The van der Waals surface area contributed by atoms with Gasteiger partial charge in [-0.3, -0.25) is 0 Å². The van der Waals surface area contributed by atoms with E-state index in [1.165, 1.54) is 7.11 Å². The number of hydrogen-bond donors (Lipinski definition) is 1. The maximum atomic E-state index is 16.4. The van der Waals surface area contributed by atoms with E-state index in [4.69, 9.17) is 15.2 Å². The number of piperidine rings is 1. The van der Waals surface area contributed by atoms with Crippen molar-refractivity contribution >= 4 is 43.1 Å². The van der Waals surface area contributed by atoms with Gasteiger partial charge in [0.05, 0.1) is 35.6 Å². The highest BCUT2D eigenvalue weighted by Gasteiger charge is 2.40. The highest BCUT2D eigenvalue weighted by molar-refractivity contribution is 7.23. The second-order valence-electron chi connectivity index (χ2n) is 9.26. The zero-order valence-electron chi connectivity index (χ0n) is 19.7. The van der Waals surface area contributed by atoms with E-state index in [1.54, 1.807) is 11.0 Å². The number of thiophene rings is 1. The van der Waals surface area contributed by atoms with Gasteiger partial charge in [0, 0.05) is 35.3 Å². The van der Waals surface area contributed by atoms with Crippen LogP contribution in [0.1, 0.15) is 17.5 Å². The minimum Gasteiger partial charge on any atom is -0.467 e. The van der Waals surface area contributed by atoms with Crippen LogP contribution < -0.4 is 15.4 Å². The van der Waals surface area contributed by atoms with Gasteiger partial charge in [-0.1, -0.05) is 6.07 Å². The molecule has 38 heavy (non-hydrogen) atoms. The summed E-state index contributed by atoms with van der Waals surface area (Å²) in [6, 6.07) is 4.33. The smallest absolute Gasteiger partial charge is 0.417 e. The van der Waals surface area contributed by atoms with E-state index in [2.05, 4.69) is 9.97 Å². The monoisotopic (exact) mass is 547 g/mol. The number of nitriles is 1. The van der Waals surface area contributed by atoms with E-state index in [0.717, 1.165) is 24.6 Å². The molecule has 2 N–H and O–H groups in total. The topological polar surface area (TPSA) is 97.3 Å². The van der Waals surface area contributed by atoms with Gasteiger partial charge >= 0.3 is 12.2 Å². The van der Waals surface area contributed by atoms with Gasteiger partial charge in [-0.05, 0) is 24.1 Å². The van der Waals surface area contributed by atoms with Gasteiger partial charge in [-0.2, -0.15) is 28.4 Å². The van der Waals surface area contributed by atoms with Crippen LogP contribution in [0.25, 0.3) is 32.1 Å². The molecule has 0 radical (unpaired) electrons. The number of ether oxygens (including phenoxy) is 2. The second kappa shape index (κ2) is 8.64. The summed E-state index contributed by atoms with van der Waals surface area (Å²) in [4.78, 5) is 10.1. The number of benzene rings is 2. The van der Waals surface area contributed by atoms with Crippen LogP contribution in [0.5, 0.6) is 6.01 Å². The summed E-state index contributed by atoms with van der Waals surface area (Å²) in [5, 5.41) is 9.19. The summed E-state index contributed by atoms with van der Waals surface area (Å²) in [7, 11) is 1.27. The molecule has 4 heterocycles. The van der Waals surface area contributed by atoms with Crippen molar-refractivity contribution in [2.45, 2.75) is 18.7 Å². The van der Waals surface area contributed by atoms with Gasteiger partial charge in [0.1, 0.15) is 28.2 Å². The molecule has 2 saturated heterocycles. The molecule has 0 amide bonds. The summed E-state index contributed by atoms with van der Waals surface area (Å²) in [6.07, 6.45) is -4.30. The number of alkyl halides is 3. The Balaban J connectivity index is 1.69. The summed E-state index contributed by atoms with van der Waals surface area (Å²) in [5.41, 5.74) is 2.75. The first-order chi connectivity index (χ1) is 18.1. The van der Waals surface area contributed by atoms with Gasteiger partial charge in [-0.25, -0.2) is 8.78 Å². The van der Waals surface area contributed by atoms with Crippen LogP contribution in [0, 0.1) is 28.9 Å². The molecular formula is C25H18F5N5O2S. The van der Waals surface area contributed by atoms with Crippen LogP contribution in [-0.2, 0) is 10.9 Å². The van der Waals surface area contributed by atoms with Crippen LogP contribution in [-0.4, -0.2) is 42.9 Å². The van der Waals surface area contributed by atoms with E-state index in [-0.39, 0.29) is 55.5 Å². The lowest BCUT2D eigenvalue weighted by atomic mass is 9.92. The molecule has 0 saturated carbocycles. The van der Waals surface area contributed by atoms with E-state index < -0.39 is 34.5 Å². The fraction of sp³-hybridized carbons (Fsp3) is 0.320. The molecule has 0 aliphatic carbocycles. The van der Waals surface area contributed by atoms with Crippen LogP contribution >= 0.6 is 11.3 Å². The average Bonchev–Trinajstić information content (AvgIpc) is 3.41. The Hall–Kier alpha value is -3.76. The third-order valence-electron chi connectivity index (χ3n) is 6.94. The lowest BCUT2D eigenvalue weighted by molar-refractivity contribution is -0.137. The highest BCUT2D eigenvalue weighted by Crippen LogP contribution is 2.48. The molecule has 2 fully saturated rings. The number of fused-ring (bicyclic) bond motifs is 4. The average molecular weight is 548 g/mol. The van der Waals surface area contributed by atoms with Crippen molar-refractivity contribution in [3.63, 3.8) is 0 Å². The Labute approximate surface area is 216 Å². The number of nitrogens with two attached hydrogens (primary N) is 1. The lowest BCUT2D eigenvalue weighted by Crippen LogP contribution is -2.39. The van der Waals surface area contributed by atoms with Gasteiger partial charge in [0.15, 0.2) is 5.82 Å². The van der Waals surface area contributed by atoms with E-state index in [0.29, 0.717) is 31.0 Å². The lowest BCUT2D eigenvalue weighted by Gasteiger charge is -2.32. The predicted molar refractivity (Wildman–Crippen MR) is 131 cm³/mol. The van der Waals surface area contributed by atoms with Crippen LogP contribution in [0.2, 0.25) is 0 Å². The third kappa shape index (κ3) is 3.70. The summed E-state index contributed by atoms with van der Waals surface area (Å²) in [6.45, 7) is 1.36. The molecular weight excluding hydrogens is 529 g/mol. The highest BCUT2D eigenvalue weighted by atomic mass is 32.1. The summed E-state index contributed by atoms with van der Waals surface area (Å²) < 4.78 is 85.3. The largest absolute Gasteiger partial charge is 0.467 e. The molecule has 2 unspecified atom stereocenters.